The number of carbonyl (C=O) groups excluding carboxylic acids is 1. The summed E-state index contributed by atoms with van der Waals surface area (Å²) < 4.78 is 0. The van der Waals surface area contributed by atoms with Crippen molar-refractivity contribution in [3.05, 3.63) is 129 Å². The van der Waals surface area contributed by atoms with Crippen molar-refractivity contribution in [2.75, 3.05) is 4.90 Å². The van der Waals surface area contributed by atoms with Crippen LogP contribution in [-0.4, -0.2) is 10.8 Å². The predicted octanol–water partition coefficient (Wildman–Crippen LogP) is 8.21. The Morgan fingerprint density at radius 2 is 1.41 bits per heavy atom. The number of benzene rings is 1. The maximum absolute atomic E-state index is 13.1. The molecule has 3 nitrogen and oxygen atoms in total. The molecule has 8 unspecified atom stereocenters. The molecule has 2 aliphatic heterocycles. The van der Waals surface area contributed by atoms with E-state index in [2.05, 4.69) is 88.6 Å². The minimum Gasteiger partial charge on any atom is -0.318 e. The molecule has 0 spiro atoms. The Bertz CT molecular complexity index is 1290. The molecule has 1 amide bonds. The van der Waals surface area contributed by atoms with E-state index in [0.717, 1.165) is 47.6 Å². The van der Waals surface area contributed by atoms with Crippen molar-refractivity contribution in [3.8, 4) is 0 Å². The largest absolute Gasteiger partial charge is 0.318 e. The Morgan fingerprint density at radius 1 is 0.846 bits per heavy atom. The van der Waals surface area contributed by atoms with E-state index < -0.39 is 0 Å². The summed E-state index contributed by atoms with van der Waals surface area (Å²) in [5, 5.41) is 0. The monoisotopic (exact) mass is 518 g/mol. The smallest absolute Gasteiger partial charge is 0.234 e. The lowest BCUT2D eigenvalue weighted by molar-refractivity contribution is -0.129. The Morgan fingerprint density at radius 3 is 2.00 bits per heavy atom. The van der Waals surface area contributed by atoms with Crippen LogP contribution < -0.4 is 4.90 Å². The van der Waals surface area contributed by atoms with Gasteiger partial charge in [0, 0.05) is 46.7 Å². The first-order valence-corrected chi connectivity index (χ1v) is 14.2. The van der Waals surface area contributed by atoms with Gasteiger partial charge in [-0.15, -0.1) is 13.2 Å². The third-order valence-corrected chi connectivity index (χ3v) is 9.79. The number of carbonyl (C=O) groups is 1. The topological polar surface area (TPSA) is 23.6 Å². The molecule has 5 rings (SSSR count). The van der Waals surface area contributed by atoms with E-state index in [1.54, 1.807) is 4.90 Å². The van der Waals surface area contributed by atoms with Crippen molar-refractivity contribution in [2.24, 2.45) is 47.3 Å². The average Bonchev–Trinajstić information content (AvgIpc) is 3.60. The van der Waals surface area contributed by atoms with E-state index in [4.69, 9.17) is 0 Å². The van der Waals surface area contributed by atoms with E-state index in [1.807, 2.05) is 30.5 Å². The second-order valence-electron chi connectivity index (χ2n) is 12.0. The number of allylic oxidation sites excluding steroid dienone is 9. The highest BCUT2D eigenvalue weighted by molar-refractivity contribution is 5.86. The van der Waals surface area contributed by atoms with E-state index in [0.29, 0.717) is 35.5 Å². The third-order valence-electron chi connectivity index (χ3n) is 9.79. The van der Waals surface area contributed by atoms with Gasteiger partial charge in [-0.25, -0.2) is 0 Å². The normalized spacial score (nSPS) is 34.3. The number of fused-ring (bicyclic) bond motifs is 2. The summed E-state index contributed by atoms with van der Waals surface area (Å²) in [6.45, 7) is 29.8. The lowest BCUT2D eigenvalue weighted by Crippen LogP contribution is -2.23. The Kier molecular flexibility index (Phi) is 7.29. The summed E-state index contributed by atoms with van der Waals surface area (Å²) in [6.07, 6.45) is 14.7. The molecule has 3 heteroatoms. The summed E-state index contributed by atoms with van der Waals surface area (Å²) in [6, 6.07) is 8.67. The molecule has 2 saturated carbocycles. The summed E-state index contributed by atoms with van der Waals surface area (Å²) in [7, 11) is 0. The molecule has 39 heavy (non-hydrogen) atoms. The lowest BCUT2D eigenvalue weighted by Gasteiger charge is -2.25. The molecule has 2 saturated heterocycles. The van der Waals surface area contributed by atoms with Crippen LogP contribution in [-0.2, 0) is 11.2 Å². The zero-order valence-electron chi connectivity index (χ0n) is 23.6. The standard InChI is InChI=1S/C36H42N2O/c1-9-27(13-12-18-37-24(6)34-29(10-2)20-23(5)33(34)36(37)39)21-28-14-16-31(17-15-28)38-25(7)32-22(4)19-30(11-3)35(32)26(38)8/h9-18,22-23,29-30,32-35H,1-3,6-8,19-21H2,4-5H3/b18-12+,27-13+. The fourth-order valence-corrected chi connectivity index (χ4v) is 7.91. The molecule has 2 heterocycles. The highest BCUT2D eigenvalue weighted by Gasteiger charge is 2.53. The van der Waals surface area contributed by atoms with Crippen LogP contribution in [0.2, 0.25) is 0 Å². The van der Waals surface area contributed by atoms with Crippen molar-refractivity contribution >= 4 is 11.6 Å². The molecule has 8 atom stereocenters. The Labute approximate surface area is 235 Å². The molecule has 0 bridgehead atoms. The van der Waals surface area contributed by atoms with Gasteiger partial charge in [-0.3, -0.25) is 9.69 Å². The Hall–Kier alpha value is -3.59. The highest BCUT2D eigenvalue weighted by Crippen LogP contribution is 2.56. The highest BCUT2D eigenvalue weighted by atomic mass is 16.2. The average molecular weight is 519 g/mol. The maximum Gasteiger partial charge on any atom is 0.234 e. The zero-order chi connectivity index (χ0) is 28.0. The minimum absolute atomic E-state index is 0.0136. The molecule has 0 aromatic heterocycles. The fourth-order valence-electron chi connectivity index (χ4n) is 7.91. The van der Waals surface area contributed by atoms with Gasteiger partial charge in [0.05, 0.1) is 5.92 Å². The molecule has 4 fully saturated rings. The summed E-state index contributed by atoms with van der Waals surface area (Å²) >= 11 is 0. The van der Waals surface area contributed by atoms with Crippen LogP contribution in [0.25, 0.3) is 0 Å². The van der Waals surface area contributed by atoms with Gasteiger partial charge < -0.3 is 4.90 Å². The minimum atomic E-state index is 0.0136. The van der Waals surface area contributed by atoms with Gasteiger partial charge in [0.2, 0.25) is 5.91 Å². The molecule has 202 valence electrons. The second kappa shape index (κ2) is 10.5. The van der Waals surface area contributed by atoms with Crippen LogP contribution in [0.4, 0.5) is 5.69 Å². The van der Waals surface area contributed by atoms with E-state index in [1.165, 1.54) is 5.56 Å². The van der Waals surface area contributed by atoms with Crippen LogP contribution in [0.1, 0.15) is 32.3 Å². The number of anilines is 1. The molecule has 2 aliphatic carbocycles. The van der Waals surface area contributed by atoms with Crippen LogP contribution >= 0.6 is 0 Å². The Balaban J connectivity index is 1.26. The predicted molar refractivity (Wildman–Crippen MR) is 163 cm³/mol. The molecule has 1 aromatic carbocycles. The zero-order valence-corrected chi connectivity index (χ0v) is 23.6. The first-order valence-electron chi connectivity index (χ1n) is 14.2. The molecule has 0 radical (unpaired) electrons. The van der Waals surface area contributed by atoms with Crippen LogP contribution in [0, 0.1) is 47.3 Å². The summed E-state index contributed by atoms with van der Waals surface area (Å²) in [5.74, 6) is 2.90. The van der Waals surface area contributed by atoms with Gasteiger partial charge in [0.25, 0.3) is 0 Å². The third kappa shape index (κ3) is 4.42. The van der Waals surface area contributed by atoms with Crippen molar-refractivity contribution in [1.29, 1.82) is 0 Å². The van der Waals surface area contributed by atoms with E-state index >= 15 is 0 Å². The molecular weight excluding hydrogens is 476 g/mol. The van der Waals surface area contributed by atoms with Crippen LogP contribution in [0.5, 0.6) is 0 Å². The number of hydrogen-bond donors (Lipinski definition) is 0. The van der Waals surface area contributed by atoms with Gasteiger partial charge >= 0.3 is 0 Å². The number of rotatable bonds is 8. The van der Waals surface area contributed by atoms with Crippen molar-refractivity contribution in [3.63, 3.8) is 0 Å². The second-order valence-corrected chi connectivity index (χ2v) is 12.0. The summed E-state index contributed by atoms with van der Waals surface area (Å²) in [5.41, 5.74) is 6.58. The van der Waals surface area contributed by atoms with Crippen molar-refractivity contribution in [1.82, 2.24) is 4.90 Å². The molecule has 1 aromatic rings. The SMILES string of the molecule is C=C/C(=C\C=C\N1C(=C)C2C(C=C)CC(C)C2C1=O)Cc1ccc(N2C(=C)C3C(C)CC(C=C)C3C2=C)cc1. The van der Waals surface area contributed by atoms with E-state index in [-0.39, 0.29) is 17.7 Å². The lowest BCUT2D eigenvalue weighted by atomic mass is 9.88. The number of hydrogen-bond acceptors (Lipinski definition) is 2. The number of amides is 1. The van der Waals surface area contributed by atoms with Crippen molar-refractivity contribution < 1.29 is 4.79 Å². The molecule has 0 N–H and O–H groups in total. The fraction of sp³-hybridized carbons (Fsp3) is 0.361. The van der Waals surface area contributed by atoms with Crippen LogP contribution in [0.3, 0.4) is 0 Å². The van der Waals surface area contributed by atoms with Gasteiger partial charge in [0.15, 0.2) is 0 Å². The maximum atomic E-state index is 13.1. The number of likely N-dealkylation sites (tertiary alicyclic amines) is 1. The first-order chi connectivity index (χ1) is 18.7. The van der Waals surface area contributed by atoms with Gasteiger partial charge in [-0.2, -0.15) is 0 Å². The van der Waals surface area contributed by atoms with Crippen LogP contribution in [0.15, 0.2) is 123 Å². The van der Waals surface area contributed by atoms with Gasteiger partial charge in [-0.1, -0.05) is 76.6 Å². The van der Waals surface area contributed by atoms with Gasteiger partial charge in [-0.05, 0) is 72.3 Å². The van der Waals surface area contributed by atoms with Crippen molar-refractivity contribution in [2.45, 2.75) is 33.1 Å². The molecule has 4 aliphatic rings. The quantitative estimate of drug-likeness (QED) is 0.256. The first kappa shape index (κ1) is 27.0. The van der Waals surface area contributed by atoms with E-state index in [9.17, 15) is 4.79 Å². The summed E-state index contributed by atoms with van der Waals surface area (Å²) in [4.78, 5) is 17.1. The van der Waals surface area contributed by atoms with Gasteiger partial charge in [0.1, 0.15) is 0 Å². The molecular formula is C36H42N2O. The number of nitrogens with zero attached hydrogens (tertiary/aromatic N) is 2.